The maximum absolute atomic E-state index is 10.7. The van der Waals surface area contributed by atoms with Crippen LogP contribution in [0.2, 0.25) is 0 Å². The number of rotatable bonds is 6. The Morgan fingerprint density at radius 2 is 1.88 bits per heavy atom. The van der Waals surface area contributed by atoms with E-state index in [0.29, 0.717) is 5.57 Å². The van der Waals surface area contributed by atoms with E-state index < -0.39 is 5.97 Å². The summed E-state index contributed by atoms with van der Waals surface area (Å²) in [7, 11) is 1.74. The first-order chi connectivity index (χ1) is 12.4. The van der Waals surface area contributed by atoms with Crippen molar-refractivity contribution < 1.29 is 14.6 Å². The lowest BCUT2D eigenvalue weighted by Gasteiger charge is -2.35. The number of hydrogen-bond acceptors (Lipinski definition) is 2. The maximum atomic E-state index is 10.7. The lowest BCUT2D eigenvalue weighted by Crippen LogP contribution is -2.25. The average Bonchev–Trinajstić information content (AvgIpc) is 2.61. The van der Waals surface area contributed by atoms with Crippen molar-refractivity contribution in [2.24, 2.45) is 0 Å². The van der Waals surface area contributed by atoms with Gasteiger partial charge in [0.15, 0.2) is 0 Å². The highest BCUT2D eigenvalue weighted by Gasteiger charge is 2.31. The lowest BCUT2D eigenvalue weighted by molar-refractivity contribution is -0.131. The summed E-state index contributed by atoms with van der Waals surface area (Å²) < 4.78 is 5.65. The van der Waals surface area contributed by atoms with Gasteiger partial charge in [0.1, 0.15) is 5.75 Å². The zero-order valence-corrected chi connectivity index (χ0v) is 16.3. The van der Waals surface area contributed by atoms with Gasteiger partial charge in [-0.1, -0.05) is 50.5 Å². The summed E-state index contributed by atoms with van der Waals surface area (Å²) in [6.45, 7) is 6.21. The van der Waals surface area contributed by atoms with Gasteiger partial charge in [-0.25, -0.2) is 4.79 Å². The number of ether oxygens (including phenoxy) is 1. The molecule has 1 saturated carbocycles. The molecule has 0 aliphatic heterocycles. The summed E-state index contributed by atoms with van der Waals surface area (Å²) in [4.78, 5) is 10.7. The summed E-state index contributed by atoms with van der Waals surface area (Å²) in [5.41, 5.74) is 4.52. The fraction of sp³-hybridized carbons (Fsp3) is 0.435. The van der Waals surface area contributed by atoms with Gasteiger partial charge in [0, 0.05) is 11.6 Å². The van der Waals surface area contributed by atoms with E-state index in [4.69, 9.17) is 9.84 Å². The Hall–Kier alpha value is -2.29. The van der Waals surface area contributed by atoms with Gasteiger partial charge < -0.3 is 9.84 Å². The van der Waals surface area contributed by atoms with Crippen LogP contribution in [-0.2, 0) is 10.2 Å². The van der Waals surface area contributed by atoms with E-state index in [1.807, 2.05) is 18.2 Å². The van der Waals surface area contributed by atoms with Gasteiger partial charge in [0.05, 0.1) is 7.11 Å². The molecule has 140 valence electrons. The van der Waals surface area contributed by atoms with Crippen LogP contribution in [0.3, 0.4) is 0 Å². The zero-order chi connectivity index (χ0) is 19.2. The van der Waals surface area contributed by atoms with Crippen molar-refractivity contribution in [2.75, 3.05) is 7.11 Å². The second-order valence-corrected chi connectivity index (χ2v) is 7.47. The van der Waals surface area contributed by atoms with Crippen LogP contribution in [0.25, 0.3) is 5.57 Å². The molecule has 3 heteroatoms. The van der Waals surface area contributed by atoms with Gasteiger partial charge >= 0.3 is 5.97 Å². The molecule has 0 aromatic heterocycles. The van der Waals surface area contributed by atoms with Crippen molar-refractivity contribution in [3.05, 3.63) is 59.2 Å². The summed E-state index contributed by atoms with van der Waals surface area (Å²) >= 11 is 0. The largest absolute Gasteiger partial charge is 0.496 e. The molecule has 1 N–H and O–H groups in total. The topological polar surface area (TPSA) is 46.5 Å². The SMILES string of the molecule is COc1ccc(C(C)=CC=CC(C)=CC(=O)O)cc1C1(C)CCCCC1. The summed E-state index contributed by atoms with van der Waals surface area (Å²) in [6, 6.07) is 6.43. The van der Waals surface area contributed by atoms with Gasteiger partial charge in [-0.15, -0.1) is 0 Å². The van der Waals surface area contributed by atoms with Crippen LogP contribution in [0.1, 0.15) is 64.0 Å². The molecule has 26 heavy (non-hydrogen) atoms. The van der Waals surface area contributed by atoms with Crippen LogP contribution in [0.15, 0.2) is 48.1 Å². The van der Waals surface area contributed by atoms with E-state index in [0.717, 1.165) is 11.3 Å². The van der Waals surface area contributed by atoms with Crippen LogP contribution in [0.4, 0.5) is 0 Å². The van der Waals surface area contributed by atoms with Gasteiger partial charge in [0.2, 0.25) is 0 Å². The minimum absolute atomic E-state index is 0.177. The van der Waals surface area contributed by atoms with Gasteiger partial charge in [0.25, 0.3) is 0 Å². The summed E-state index contributed by atoms with van der Waals surface area (Å²) in [6.07, 6.45) is 13.2. The van der Waals surface area contributed by atoms with E-state index in [1.165, 1.54) is 49.3 Å². The van der Waals surface area contributed by atoms with Crippen LogP contribution in [0.5, 0.6) is 5.75 Å². The Morgan fingerprint density at radius 3 is 2.50 bits per heavy atom. The number of carboxylic acid groups (broad SMARTS) is 1. The Labute approximate surface area is 157 Å². The van der Waals surface area contributed by atoms with Crippen LogP contribution < -0.4 is 4.74 Å². The molecule has 1 aliphatic carbocycles. The number of benzene rings is 1. The molecule has 3 nitrogen and oxygen atoms in total. The first-order valence-corrected chi connectivity index (χ1v) is 9.31. The molecular formula is C23H30O3. The molecule has 1 aromatic rings. The molecule has 1 aromatic carbocycles. The van der Waals surface area contributed by atoms with Gasteiger partial charge in [-0.3, -0.25) is 0 Å². The molecule has 0 heterocycles. The molecule has 1 fully saturated rings. The minimum atomic E-state index is -0.923. The number of methoxy groups -OCH3 is 1. The standard InChI is InChI=1S/C23H30O3/c1-17(15-22(24)25)9-8-10-18(2)19-11-12-21(26-4)20(16-19)23(3)13-6-5-7-14-23/h8-12,15-16H,5-7,13-14H2,1-4H3,(H,24,25). The highest BCUT2D eigenvalue weighted by atomic mass is 16.5. The molecule has 0 radical (unpaired) electrons. The number of carbonyl (C=O) groups is 1. The van der Waals surface area contributed by atoms with Crippen molar-refractivity contribution in [3.63, 3.8) is 0 Å². The fourth-order valence-electron chi connectivity index (χ4n) is 3.71. The number of hydrogen-bond donors (Lipinski definition) is 1. The quantitative estimate of drug-likeness (QED) is 0.510. The molecule has 2 rings (SSSR count). The highest BCUT2D eigenvalue weighted by molar-refractivity contribution is 5.81. The number of allylic oxidation sites excluding steroid dienone is 5. The molecule has 1 aliphatic rings. The molecular weight excluding hydrogens is 324 g/mol. The van der Waals surface area contributed by atoms with Crippen molar-refractivity contribution >= 4 is 11.5 Å². The second-order valence-electron chi connectivity index (χ2n) is 7.47. The molecule has 0 spiro atoms. The maximum Gasteiger partial charge on any atom is 0.328 e. The van der Waals surface area contributed by atoms with E-state index in [1.54, 1.807) is 14.0 Å². The van der Waals surface area contributed by atoms with Crippen LogP contribution in [0, 0.1) is 0 Å². The molecule has 0 amide bonds. The Kier molecular flexibility index (Phi) is 6.84. The van der Waals surface area contributed by atoms with Gasteiger partial charge in [-0.05, 0) is 60.9 Å². The summed E-state index contributed by atoms with van der Waals surface area (Å²) in [5, 5.41) is 8.76. The third kappa shape index (κ3) is 5.10. The summed E-state index contributed by atoms with van der Waals surface area (Å²) in [5.74, 6) is 0.0510. The minimum Gasteiger partial charge on any atom is -0.496 e. The average molecular weight is 354 g/mol. The Morgan fingerprint density at radius 1 is 1.19 bits per heavy atom. The van der Waals surface area contributed by atoms with Crippen molar-refractivity contribution in [3.8, 4) is 5.75 Å². The number of carboxylic acids is 1. The van der Waals surface area contributed by atoms with E-state index >= 15 is 0 Å². The first-order valence-electron chi connectivity index (χ1n) is 9.31. The molecule has 0 atom stereocenters. The van der Waals surface area contributed by atoms with E-state index in [2.05, 4.69) is 32.0 Å². The first kappa shape index (κ1) is 20.0. The molecule has 0 saturated heterocycles. The van der Waals surface area contributed by atoms with Gasteiger partial charge in [-0.2, -0.15) is 0 Å². The highest BCUT2D eigenvalue weighted by Crippen LogP contribution is 2.43. The lowest BCUT2D eigenvalue weighted by atomic mass is 9.70. The van der Waals surface area contributed by atoms with Crippen molar-refractivity contribution in [1.82, 2.24) is 0 Å². The van der Waals surface area contributed by atoms with Crippen molar-refractivity contribution in [2.45, 2.75) is 58.3 Å². The van der Waals surface area contributed by atoms with E-state index in [9.17, 15) is 4.79 Å². The van der Waals surface area contributed by atoms with Crippen molar-refractivity contribution in [1.29, 1.82) is 0 Å². The second kappa shape index (κ2) is 8.88. The predicted molar refractivity (Wildman–Crippen MR) is 108 cm³/mol. The zero-order valence-electron chi connectivity index (χ0n) is 16.3. The normalized spacial score (nSPS) is 18.2. The number of aliphatic carboxylic acids is 1. The molecule has 0 bridgehead atoms. The Balaban J connectivity index is 2.29. The molecule has 0 unspecified atom stereocenters. The smallest absolute Gasteiger partial charge is 0.328 e. The Bertz CT molecular complexity index is 732. The third-order valence-electron chi connectivity index (χ3n) is 5.32. The monoisotopic (exact) mass is 354 g/mol. The van der Waals surface area contributed by atoms with E-state index in [-0.39, 0.29) is 5.41 Å². The fourth-order valence-corrected chi connectivity index (χ4v) is 3.71. The predicted octanol–water partition coefficient (Wildman–Crippen LogP) is 5.91. The third-order valence-corrected chi connectivity index (χ3v) is 5.32. The van der Waals surface area contributed by atoms with Crippen LogP contribution in [-0.4, -0.2) is 18.2 Å². The van der Waals surface area contributed by atoms with Crippen LogP contribution >= 0.6 is 0 Å².